The second kappa shape index (κ2) is 7.07. The number of amides is 3. The number of benzene rings is 1. The van der Waals surface area contributed by atoms with Gasteiger partial charge in [-0.05, 0) is 25.1 Å². The highest BCUT2D eigenvalue weighted by Crippen LogP contribution is 2.06. The zero-order valence-electron chi connectivity index (χ0n) is 11.7. The van der Waals surface area contributed by atoms with Crippen molar-refractivity contribution in [1.29, 1.82) is 0 Å². The molecule has 1 unspecified atom stereocenters. The van der Waals surface area contributed by atoms with E-state index in [2.05, 4.69) is 10.6 Å². The highest BCUT2D eigenvalue weighted by atomic mass is 16.5. The summed E-state index contributed by atoms with van der Waals surface area (Å²) in [6.07, 6.45) is 1.40. The largest absolute Gasteiger partial charge is 0.472 e. The van der Waals surface area contributed by atoms with E-state index in [0.29, 0.717) is 5.69 Å². The summed E-state index contributed by atoms with van der Waals surface area (Å²) in [7, 11) is 0. The summed E-state index contributed by atoms with van der Waals surface area (Å²) in [5.74, 6) is -1.44. The summed E-state index contributed by atoms with van der Waals surface area (Å²) in [4.78, 5) is 35.1. The summed E-state index contributed by atoms with van der Waals surface area (Å²) in [6.45, 7) is 1.36. The fourth-order valence-electron chi connectivity index (χ4n) is 1.56. The van der Waals surface area contributed by atoms with Gasteiger partial charge in [0.2, 0.25) is 0 Å². The number of ether oxygens (including phenoxy) is 1. The van der Waals surface area contributed by atoms with Crippen LogP contribution >= 0.6 is 0 Å². The van der Waals surface area contributed by atoms with Crippen molar-refractivity contribution < 1.29 is 23.5 Å². The predicted molar refractivity (Wildman–Crippen MR) is 77.2 cm³/mol. The van der Waals surface area contributed by atoms with E-state index in [-0.39, 0.29) is 5.56 Å². The number of imide groups is 1. The Kier molecular flexibility index (Phi) is 4.92. The first-order chi connectivity index (χ1) is 10.6. The molecule has 2 N–H and O–H groups in total. The third-order valence-electron chi connectivity index (χ3n) is 2.68. The van der Waals surface area contributed by atoms with Gasteiger partial charge in [0.15, 0.2) is 6.10 Å². The minimum atomic E-state index is -1.12. The highest BCUT2D eigenvalue weighted by molar-refractivity contribution is 6.03. The van der Waals surface area contributed by atoms with Crippen LogP contribution in [0, 0.1) is 0 Å². The zero-order chi connectivity index (χ0) is 15.9. The maximum Gasteiger partial charge on any atom is 0.342 e. The quantitative estimate of drug-likeness (QED) is 0.843. The summed E-state index contributed by atoms with van der Waals surface area (Å²) in [5, 5.41) is 4.57. The maximum absolute atomic E-state index is 11.8. The Bertz CT molecular complexity index is 652. The number of para-hydroxylation sites is 1. The number of hydrogen-bond acceptors (Lipinski definition) is 5. The van der Waals surface area contributed by atoms with Crippen molar-refractivity contribution in [3.63, 3.8) is 0 Å². The van der Waals surface area contributed by atoms with Gasteiger partial charge in [0, 0.05) is 5.69 Å². The molecule has 7 nitrogen and oxygen atoms in total. The second-order valence-electron chi connectivity index (χ2n) is 4.37. The van der Waals surface area contributed by atoms with Crippen molar-refractivity contribution in [1.82, 2.24) is 5.32 Å². The Hall–Kier alpha value is -3.09. The lowest BCUT2D eigenvalue weighted by Gasteiger charge is -2.12. The van der Waals surface area contributed by atoms with Crippen molar-refractivity contribution >= 4 is 23.6 Å². The molecule has 0 aliphatic heterocycles. The Labute approximate surface area is 126 Å². The van der Waals surface area contributed by atoms with Crippen molar-refractivity contribution in [2.24, 2.45) is 0 Å². The Morgan fingerprint density at radius 3 is 2.50 bits per heavy atom. The highest BCUT2D eigenvalue weighted by Gasteiger charge is 2.21. The molecule has 3 amide bonds. The molecule has 7 heteroatoms. The van der Waals surface area contributed by atoms with Gasteiger partial charge < -0.3 is 14.5 Å². The number of furan rings is 1. The van der Waals surface area contributed by atoms with Crippen molar-refractivity contribution in [3.8, 4) is 0 Å². The number of esters is 1. The molecule has 1 aromatic carbocycles. The van der Waals surface area contributed by atoms with Gasteiger partial charge >= 0.3 is 12.0 Å². The number of anilines is 1. The lowest BCUT2D eigenvalue weighted by atomic mass is 10.3. The lowest BCUT2D eigenvalue weighted by molar-refractivity contribution is -0.127. The molecule has 0 radical (unpaired) electrons. The van der Waals surface area contributed by atoms with E-state index >= 15 is 0 Å². The Morgan fingerprint density at radius 2 is 1.86 bits per heavy atom. The summed E-state index contributed by atoms with van der Waals surface area (Å²) in [5.41, 5.74) is 0.726. The average molecular weight is 302 g/mol. The smallest absolute Gasteiger partial charge is 0.342 e. The summed E-state index contributed by atoms with van der Waals surface area (Å²) < 4.78 is 9.66. The molecule has 0 saturated heterocycles. The van der Waals surface area contributed by atoms with Crippen LogP contribution in [0.5, 0.6) is 0 Å². The van der Waals surface area contributed by atoms with Crippen LogP contribution in [0.4, 0.5) is 10.5 Å². The van der Waals surface area contributed by atoms with E-state index in [1.165, 1.54) is 25.5 Å². The van der Waals surface area contributed by atoms with Gasteiger partial charge in [-0.2, -0.15) is 0 Å². The van der Waals surface area contributed by atoms with Crippen LogP contribution in [0.3, 0.4) is 0 Å². The van der Waals surface area contributed by atoms with Crippen LogP contribution in [0.25, 0.3) is 0 Å². The number of urea groups is 1. The van der Waals surface area contributed by atoms with Crippen molar-refractivity contribution in [2.45, 2.75) is 13.0 Å². The number of rotatable bonds is 4. The zero-order valence-corrected chi connectivity index (χ0v) is 11.7. The molecule has 0 spiro atoms. The van der Waals surface area contributed by atoms with Gasteiger partial charge in [0.25, 0.3) is 5.91 Å². The normalized spacial score (nSPS) is 11.3. The minimum absolute atomic E-state index is 0.188. The SMILES string of the molecule is CC(OC(=O)c1ccoc1)C(=O)NC(=O)Nc1ccccc1. The van der Waals surface area contributed by atoms with Crippen molar-refractivity contribution in [3.05, 3.63) is 54.5 Å². The molecule has 0 bridgehead atoms. The molecule has 2 rings (SSSR count). The van der Waals surface area contributed by atoms with E-state index in [9.17, 15) is 14.4 Å². The van der Waals surface area contributed by atoms with Crippen LogP contribution in [0.1, 0.15) is 17.3 Å². The molecule has 1 aromatic heterocycles. The van der Waals surface area contributed by atoms with E-state index in [1.54, 1.807) is 30.3 Å². The number of nitrogens with one attached hydrogen (secondary N) is 2. The fraction of sp³-hybridized carbons (Fsp3) is 0.133. The van der Waals surface area contributed by atoms with E-state index in [1.807, 2.05) is 0 Å². The van der Waals surface area contributed by atoms with Crippen LogP contribution in [-0.4, -0.2) is 24.0 Å². The minimum Gasteiger partial charge on any atom is -0.472 e. The Morgan fingerprint density at radius 1 is 1.14 bits per heavy atom. The lowest BCUT2D eigenvalue weighted by Crippen LogP contribution is -2.41. The van der Waals surface area contributed by atoms with Crippen LogP contribution in [-0.2, 0) is 9.53 Å². The molecule has 2 aromatic rings. The van der Waals surface area contributed by atoms with Crippen LogP contribution in [0.2, 0.25) is 0 Å². The second-order valence-corrected chi connectivity index (χ2v) is 4.37. The monoisotopic (exact) mass is 302 g/mol. The first kappa shape index (κ1) is 15.3. The molecule has 22 heavy (non-hydrogen) atoms. The molecule has 0 aliphatic carbocycles. The maximum atomic E-state index is 11.8. The molecule has 0 fully saturated rings. The topological polar surface area (TPSA) is 97.6 Å². The van der Waals surface area contributed by atoms with Gasteiger partial charge in [-0.3, -0.25) is 10.1 Å². The van der Waals surface area contributed by atoms with E-state index < -0.39 is 24.0 Å². The molecule has 1 atom stereocenters. The third kappa shape index (κ3) is 4.20. The fourth-order valence-corrected chi connectivity index (χ4v) is 1.56. The third-order valence-corrected chi connectivity index (χ3v) is 2.68. The molecule has 114 valence electrons. The van der Waals surface area contributed by atoms with Gasteiger partial charge in [-0.15, -0.1) is 0 Å². The molecule has 0 aliphatic rings. The van der Waals surface area contributed by atoms with Crippen LogP contribution in [0.15, 0.2) is 53.3 Å². The number of carbonyl (C=O) groups is 3. The summed E-state index contributed by atoms with van der Waals surface area (Å²) in [6, 6.07) is 9.33. The first-order valence-corrected chi connectivity index (χ1v) is 6.46. The van der Waals surface area contributed by atoms with Gasteiger partial charge in [-0.25, -0.2) is 9.59 Å². The molecular formula is C15H14N2O5. The molecule has 0 saturated carbocycles. The van der Waals surface area contributed by atoms with E-state index in [0.717, 1.165) is 0 Å². The first-order valence-electron chi connectivity index (χ1n) is 6.46. The van der Waals surface area contributed by atoms with Gasteiger partial charge in [-0.1, -0.05) is 18.2 Å². The van der Waals surface area contributed by atoms with Gasteiger partial charge in [0.1, 0.15) is 6.26 Å². The van der Waals surface area contributed by atoms with Crippen LogP contribution < -0.4 is 10.6 Å². The van der Waals surface area contributed by atoms with E-state index in [4.69, 9.17) is 9.15 Å². The van der Waals surface area contributed by atoms with Crippen molar-refractivity contribution in [2.75, 3.05) is 5.32 Å². The Balaban J connectivity index is 1.83. The standard InChI is InChI=1S/C15H14N2O5/c1-10(22-14(19)11-7-8-21-9-11)13(18)17-15(20)16-12-5-3-2-4-6-12/h2-10H,1H3,(H2,16,17,18,20). The predicted octanol–water partition coefficient (Wildman–Crippen LogP) is 2.17. The summed E-state index contributed by atoms with van der Waals surface area (Å²) >= 11 is 0. The number of hydrogen-bond donors (Lipinski definition) is 2. The van der Waals surface area contributed by atoms with Gasteiger partial charge in [0.05, 0.1) is 11.8 Å². The average Bonchev–Trinajstić information content (AvgIpc) is 3.02. The molecular weight excluding hydrogens is 288 g/mol. The number of carbonyl (C=O) groups excluding carboxylic acids is 3. The molecule has 1 heterocycles.